The third-order valence-corrected chi connectivity index (χ3v) is 2.64. The van der Waals surface area contributed by atoms with Gasteiger partial charge < -0.3 is 10.4 Å². The highest BCUT2D eigenvalue weighted by molar-refractivity contribution is 5.73. The molecule has 0 saturated carbocycles. The highest BCUT2D eigenvalue weighted by Crippen LogP contribution is 2.19. The summed E-state index contributed by atoms with van der Waals surface area (Å²) in [6.45, 7) is 9.75. The molecule has 0 bridgehead atoms. The van der Waals surface area contributed by atoms with Gasteiger partial charge in [0.2, 0.25) is 0 Å². The largest absolute Gasteiger partial charge is 0.481 e. The Hall–Kier alpha value is -0.570. The lowest BCUT2D eigenvalue weighted by Crippen LogP contribution is -2.29. The molecule has 0 aromatic rings. The van der Waals surface area contributed by atoms with Crippen molar-refractivity contribution >= 4 is 5.97 Å². The van der Waals surface area contributed by atoms with Crippen LogP contribution in [0.5, 0.6) is 0 Å². The number of hydrogen-bond donors (Lipinski definition) is 2. The summed E-state index contributed by atoms with van der Waals surface area (Å²) in [4.78, 5) is 10.8. The summed E-state index contributed by atoms with van der Waals surface area (Å²) >= 11 is 0. The molecule has 0 aromatic heterocycles. The van der Waals surface area contributed by atoms with Crippen LogP contribution in [0.2, 0.25) is 0 Å². The van der Waals surface area contributed by atoms with Gasteiger partial charge in [0.1, 0.15) is 0 Å². The van der Waals surface area contributed by atoms with Gasteiger partial charge >= 0.3 is 5.97 Å². The van der Waals surface area contributed by atoms with Crippen LogP contribution in [-0.4, -0.2) is 24.2 Å². The molecule has 3 nitrogen and oxygen atoms in total. The minimum atomic E-state index is -0.716. The molecule has 0 heterocycles. The average Bonchev–Trinajstić information content (AvgIpc) is 2.10. The molecule has 0 saturated heterocycles. The monoisotopic (exact) mass is 215 g/mol. The highest BCUT2D eigenvalue weighted by Gasteiger charge is 2.25. The maximum absolute atomic E-state index is 10.8. The predicted molar refractivity (Wildman–Crippen MR) is 63.0 cm³/mol. The van der Waals surface area contributed by atoms with E-state index in [1.165, 1.54) is 12.8 Å². The minimum absolute atomic E-state index is 0.606. The fraction of sp³-hybridized carbons (Fsp3) is 0.917. The Bertz CT molecular complexity index is 188. The second-order valence-corrected chi connectivity index (χ2v) is 5.23. The molecule has 0 fully saturated rings. The molecule has 0 atom stereocenters. The summed E-state index contributed by atoms with van der Waals surface area (Å²) < 4.78 is 0. The van der Waals surface area contributed by atoms with Crippen LogP contribution in [0, 0.1) is 11.3 Å². The Balaban J connectivity index is 3.43. The van der Waals surface area contributed by atoms with E-state index >= 15 is 0 Å². The molecule has 2 N–H and O–H groups in total. The lowest BCUT2D eigenvalue weighted by atomic mass is 9.90. The van der Waals surface area contributed by atoms with Crippen molar-refractivity contribution in [3.05, 3.63) is 0 Å². The van der Waals surface area contributed by atoms with Crippen LogP contribution in [0.4, 0.5) is 0 Å². The Morgan fingerprint density at radius 2 is 1.93 bits per heavy atom. The van der Waals surface area contributed by atoms with Crippen molar-refractivity contribution in [2.24, 2.45) is 11.3 Å². The molecule has 15 heavy (non-hydrogen) atoms. The zero-order chi connectivity index (χ0) is 11.9. The Kier molecular flexibility index (Phi) is 6.57. The highest BCUT2D eigenvalue weighted by atomic mass is 16.4. The number of carboxylic acid groups (broad SMARTS) is 1. The summed E-state index contributed by atoms with van der Waals surface area (Å²) in [5, 5.41) is 12.2. The van der Waals surface area contributed by atoms with Crippen LogP contribution in [-0.2, 0) is 4.79 Å². The van der Waals surface area contributed by atoms with Gasteiger partial charge in [0.25, 0.3) is 0 Å². The zero-order valence-corrected chi connectivity index (χ0v) is 10.5. The van der Waals surface area contributed by atoms with E-state index in [1.54, 1.807) is 13.8 Å². The maximum Gasteiger partial charge on any atom is 0.309 e. The van der Waals surface area contributed by atoms with Crippen LogP contribution in [0.1, 0.15) is 47.0 Å². The molecule has 0 unspecified atom stereocenters. The Labute approximate surface area is 93.3 Å². The van der Waals surface area contributed by atoms with Crippen molar-refractivity contribution in [3.63, 3.8) is 0 Å². The van der Waals surface area contributed by atoms with Crippen molar-refractivity contribution < 1.29 is 9.90 Å². The SMILES string of the molecule is CC(C)CCCNCCC(C)(C)C(=O)O. The molecule has 0 radical (unpaired) electrons. The van der Waals surface area contributed by atoms with Crippen molar-refractivity contribution in [2.75, 3.05) is 13.1 Å². The quantitative estimate of drug-likeness (QED) is 0.612. The second kappa shape index (κ2) is 6.83. The molecule has 0 amide bonds. The summed E-state index contributed by atoms with van der Waals surface area (Å²) in [7, 11) is 0. The fourth-order valence-corrected chi connectivity index (χ4v) is 1.27. The first kappa shape index (κ1) is 14.4. The molecule has 0 aliphatic rings. The van der Waals surface area contributed by atoms with Crippen molar-refractivity contribution in [1.29, 1.82) is 0 Å². The van der Waals surface area contributed by atoms with Gasteiger partial charge in [-0.15, -0.1) is 0 Å². The smallest absolute Gasteiger partial charge is 0.309 e. The fourth-order valence-electron chi connectivity index (χ4n) is 1.27. The lowest BCUT2D eigenvalue weighted by molar-refractivity contribution is -0.147. The van der Waals surface area contributed by atoms with E-state index in [1.807, 2.05) is 0 Å². The van der Waals surface area contributed by atoms with Gasteiger partial charge in [-0.1, -0.05) is 13.8 Å². The van der Waals surface area contributed by atoms with Gasteiger partial charge in [0.15, 0.2) is 0 Å². The minimum Gasteiger partial charge on any atom is -0.481 e. The van der Waals surface area contributed by atoms with E-state index in [0.717, 1.165) is 19.0 Å². The van der Waals surface area contributed by atoms with Crippen molar-refractivity contribution in [3.8, 4) is 0 Å². The molecule has 90 valence electrons. The van der Waals surface area contributed by atoms with E-state index < -0.39 is 11.4 Å². The third kappa shape index (κ3) is 7.37. The van der Waals surface area contributed by atoms with Gasteiger partial charge in [-0.25, -0.2) is 0 Å². The molecule has 0 aliphatic heterocycles. The number of aliphatic carboxylic acids is 1. The van der Waals surface area contributed by atoms with Crippen LogP contribution in [0.15, 0.2) is 0 Å². The molecule has 0 aliphatic carbocycles. The number of carbonyl (C=O) groups is 1. The number of hydrogen-bond acceptors (Lipinski definition) is 2. The molecule has 0 rings (SSSR count). The molecular formula is C12H25NO2. The first-order chi connectivity index (χ1) is 6.86. The number of nitrogens with one attached hydrogen (secondary N) is 1. The maximum atomic E-state index is 10.8. The first-order valence-corrected chi connectivity index (χ1v) is 5.80. The van der Waals surface area contributed by atoms with Crippen LogP contribution in [0.3, 0.4) is 0 Å². The Morgan fingerprint density at radius 3 is 2.40 bits per heavy atom. The summed E-state index contributed by atoms with van der Waals surface area (Å²) in [6.07, 6.45) is 3.09. The van der Waals surface area contributed by atoms with Gasteiger partial charge in [0, 0.05) is 0 Å². The normalized spacial score (nSPS) is 12.1. The first-order valence-electron chi connectivity index (χ1n) is 5.80. The van der Waals surface area contributed by atoms with Gasteiger partial charge in [0.05, 0.1) is 5.41 Å². The van der Waals surface area contributed by atoms with E-state index in [2.05, 4.69) is 19.2 Å². The molecular weight excluding hydrogens is 190 g/mol. The van der Waals surface area contributed by atoms with E-state index in [9.17, 15) is 4.79 Å². The zero-order valence-electron chi connectivity index (χ0n) is 10.5. The topological polar surface area (TPSA) is 49.3 Å². The third-order valence-electron chi connectivity index (χ3n) is 2.64. The van der Waals surface area contributed by atoms with Crippen molar-refractivity contribution in [1.82, 2.24) is 5.32 Å². The van der Waals surface area contributed by atoms with Crippen LogP contribution >= 0.6 is 0 Å². The van der Waals surface area contributed by atoms with E-state index in [0.29, 0.717) is 6.42 Å². The molecule has 0 aromatic carbocycles. The Morgan fingerprint density at radius 1 is 1.33 bits per heavy atom. The van der Waals surface area contributed by atoms with Crippen LogP contribution in [0.25, 0.3) is 0 Å². The summed E-state index contributed by atoms with van der Waals surface area (Å²) in [5.74, 6) is 0.0359. The second-order valence-electron chi connectivity index (χ2n) is 5.23. The summed E-state index contributed by atoms with van der Waals surface area (Å²) in [6, 6.07) is 0. The van der Waals surface area contributed by atoms with E-state index in [4.69, 9.17) is 5.11 Å². The lowest BCUT2D eigenvalue weighted by Gasteiger charge is -2.18. The van der Waals surface area contributed by atoms with E-state index in [-0.39, 0.29) is 0 Å². The predicted octanol–water partition coefficient (Wildman–Crippen LogP) is 2.51. The number of carboxylic acids is 1. The molecule has 0 spiro atoms. The molecule has 3 heteroatoms. The van der Waals surface area contributed by atoms with Crippen molar-refractivity contribution in [2.45, 2.75) is 47.0 Å². The number of rotatable bonds is 8. The van der Waals surface area contributed by atoms with Crippen LogP contribution < -0.4 is 5.32 Å². The standard InChI is InChI=1S/C12H25NO2/c1-10(2)6-5-8-13-9-7-12(3,4)11(14)15/h10,13H,5-9H2,1-4H3,(H,14,15). The average molecular weight is 215 g/mol. The van der Waals surface area contributed by atoms with Gasteiger partial charge in [-0.05, 0) is 52.1 Å². The summed E-state index contributed by atoms with van der Waals surface area (Å²) in [5.41, 5.74) is -0.606. The van der Waals surface area contributed by atoms with Gasteiger partial charge in [-0.2, -0.15) is 0 Å². The van der Waals surface area contributed by atoms with Gasteiger partial charge in [-0.3, -0.25) is 4.79 Å².